The first kappa shape index (κ1) is 16.6. The summed E-state index contributed by atoms with van der Waals surface area (Å²) in [5, 5.41) is 8.10. The van der Waals surface area contributed by atoms with E-state index in [1.54, 1.807) is 6.08 Å². The largest absolute Gasteiger partial charge is 0.460 e. The van der Waals surface area contributed by atoms with E-state index < -0.39 is 5.97 Å². The molecule has 1 N–H and O–H groups in total. The minimum atomic E-state index is -0.501. The molecule has 0 fully saturated rings. The molecule has 0 radical (unpaired) electrons. The zero-order chi connectivity index (χ0) is 14.2. The van der Waals surface area contributed by atoms with E-state index in [2.05, 4.69) is 25.2 Å². The lowest BCUT2D eigenvalue weighted by atomic mass is 9.77. The molecule has 1 aliphatic carbocycles. The highest BCUT2D eigenvalue weighted by atomic mass is 16.5. The van der Waals surface area contributed by atoms with Crippen molar-refractivity contribution in [2.45, 2.75) is 33.6 Å². The van der Waals surface area contributed by atoms with Crippen LogP contribution in [-0.2, 0) is 14.3 Å². The number of ether oxygens (including phenoxy) is 1. The van der Waals surface area contributed by atoms with Gasteiger partial charge in [-0.1, -0.05) is 26.0 Å². The van der Waals surface area contributed by atoms with Crippen LogP contribution in [0.3, 0.4) is 0 Å². The van der Waals surface area contributed by atoms with Crippen LogP contribution in [0.5, 0.6) is 0 Å². The molecule has 0 heterocycles. The lowest BCUT2D eigenvalue weighted by molar-refractivity contribution is -0.138. The Morgan fingerprint density at radius 3 is 2.56 bits per heavy atom. The molecule has 102 valence electrons. The van der Waals surface area contributed by atoms with Crippen molar-refractivity contribution in [2.24, 2.45) is 5.41 Å². The fourth-order valence-corrected chi connectivity index (χ4v) is 1.87. The van der Waals surface area contributed by atoms with E-state index in [0.29, 0.717) is 6.42 Å². The Bertz CT molecular complexity index is 340. The molecule has 0 atom stereocenters. The normalized spacial score (nSPS) is 17.1. The number of aliphatic hydroxyl groups is 1. The summed E-state index contributed by atoms with van der Waals surface area (Å²) in [6, 6.07) is 0. The van der Waals surface area contributed by atoms with Gasteiger partial charge < -0.3 is 9.84 Å². The minimum Gasteiger partial charge on any atom is -0.460 e. The highest BCUT2D eigenvalue weighted by molar-refractivity contribution is 5.91. The first-order chi connectivity index (χ1) is 8.30. The fourth-order valence-electron chi connectivity index (χ4n) is 1.87. The van der Waals surface area contributed by atoms with Crippen LogP contribution in [0.15, 0.2) is 24.3 Å². The number of hydrogen-bond donors (Lipinski definition) is 1. The average Bonchev–Trinajstić information content (AvgIpc) is 2.23. The molecule has 4 nitrogen and oxygen atoms in total. The van der Waals surface area contributed by atoms with Gasteiger partial charge in [0.05, 0.1) is 6.61 Å². The summed E-state index contributed by atoms with van der Waals surface area (Å²) in [7, 11) is 0. The number of hydrogen-bond acceptors (Lipinski definition) is 4. The number of carbonyl (C=O) groups excluding carboxylic acids is 2. The molecule has 0 bridgehead atoms. The lowest BCUT2D eigenvalue weighted by Gasteiger charge is -2.27. The van der Waals surface area contributed by atoms with Crippen molar-refractivity contribution in [3.8, 4) is 0 Å². The van der Waals surface area contributed by atoms with Crippen LogP contribution in [-0.4, -0.2) is 30.1 Å². The average molecular weight is 254 g/mol. The van der Waals surface area contributed by atoms with Crippen LogP contribution >= 0.6 is 0 Å². The number of aliphatic hydroxyl groups excluding tert-OH is 1. The number of ketones is 1. The maximum atomic E-state index is 11.0. The highest BCUT2D eigenvalue weighted by Gasteiger charge is 2.25. The third kappa shape index (κ3) is 7.79. The van der Waals surface area contributed by atoms with E-state index in [0.717, 1.165) is 12.5 Å². The van der Waals surface area contributed by atoms with Crippen molar-refractivity contribution >= 4 is 11.8 Å². The molecular formula is C14H22O4. The van der Waals surface area contributed by atoms with Crippen LogP contribution < -0.4 is 0 Å². The van der Waals surface area contributed by atoms with Gasteiger partial charge in [-0.15, -0.1) is 0 Å². The van der Waals surface area contributed by atoms with E-state index in [9.17, 15) is 9.59 Å². The summed E-state index contributed by atoms with van der Waals surface area (Å²) in [4.78, 5) is 21.1. The van der Waals surface area contributed by atoms with Gasteiger partial charge in [0.2, 0.25) is 0 Å². The topological polar surface area (TPSA) is 63.6 Å². The molecule has 0 aliphatic heterocycles. The summed E-state index contributed by atoms with van der Waals surface area (Å²) < 4.78 is 4.33. The predicted molar refractivity (Wildman–Crippen MR) is 70.0 cm³/mol. The zero-order valence-corrected chi connectivity index (χ0v) is 11.4. The first-order valence-electron chi connectivity index (χ1n) is 5.91. The first-order valence-corrected chi connectivity index (χ1v) is 5.91. The van der Waals surface area contributed by atoms with Crippen LogP contribution in [0, 0.1) is 5.41 Å². The molecule has 0 aromatic rings. The second-order valence-electron chi connectivity index (χ2n) is 5.07. The number of allylic oxidation sites excluding steroid dienone is 2. The third-order valence-corrected chi connectivity index (χ3v) is 2.32. The molecule has 0 amide bonds. The molecular weight excluding hydrogens is 232 g/mol. The van der Waals surface area contributed by atoms with E-state index in [1.165, 1.54) is 5.57 Å². The second kappa shape index (κ2) is 7.82. The molecule has 0 saturated heterocycles. The van der Waals surface area contributed by atoms with Crippen LogP contribution in [0.1, 0.15) is 33.6 Å². The van der Waals surface area contributed by atoms with Crippen molar-refractivity contribution in [2.75, 3.05) is 13.2 Å². The molecule has 1 rings (SSSR count). The van der Waals surface area contributed by atoms with E-state index in [1.807, 2.05) is 6.92 Å². The molecule has 4 heteroatoms. The van der Waals surface area contributed by atoms with Crippen LogP contribution in [0.4, 0.5) is 0 Å². The van der Waals surface area contributed by atoms with E-state index in [4.69, 9.17) is 5.11 Å². The van der Waals surface area contributed by atoms with Crippen molar-refractivity contribution in [3.63, 3.8) is 0 Å². The second-order valence-corrected chi connectivity index (χ2v) is 5.07. The highest BCUT2D eigenvalue weighted by Crippen LogP contribution is 2.32. The SMILES string of the molecule is C=CC(=O)OCCO.CC1=CC(=O)CC(C)(C)C1. The van der Waals surface area contributed by atoms with Gasteiger partial charge in [0, 0.05) is 12.5 Å². The molecule has 0 aromatic carbocycles. The van der Waals surface area contributed by atoms with Gasteiger partial charge >= 0.3 is 5.97 Å². The summed E-state index contributed by atoms with van der Waals surface area (Å²) >= 11 is 0. The molecule has 0 aromatic heterocycles. The van der Waals surface area contributed by atoms with Gasteiger partial charge in [-0.05, 0) is 24.8 Å². The Kier molecular flexibility index (Phi) is 7.20. The van der Waals surface area contributed by atoms with Gasteiger partial charge in [0.25, 0.3) is 0 Å². The fraction of sp³-hybridized carbons (Fsp3) is 0.571. The van der Waals surface area contributed by atoms with Crippen LogP contribution in [0.25, 0.3) is 0 Å². The Hall–Kier alpha value is -1.42. The zero-order valence-electron chi connectivity index (χ0n) is 11.4. The van der Waals surface area contributed by atoms with Gasteiger partial charge in [-0.2, -0.15) is 0 Å². The van der Waals surface area contributed by atoms with Crippen LogP contribution in [0.2, 0.25) is 0 Å². The molecule has 18 heavy (non-hydrogen) atoms. The van der Waals surface area contributed by atoms with Gasteiger partial charge in [0.15, 0.2) is 5.78 Å². The predicted octanol–water partition coefficient (Wildman–Crippen LogP) is 2.03. The maximum Gasteiger partial charge on any atom is 0.330 e. The van der Waals surface area contributed by atoms with Crippen molar-refractivity contribution in [1.29, 1.82) is 0 Å². The molecule has 1 aliphatic rings. The number of carbonyl (C=O) groups is 2. The maximum absolute atomic E-state index is 11.0. The van der Waals surface area contributed by atoms with E-state index in [-0.39, 0.29) is 24.4 Å². The molecule has 0 unspecified atom stereocenters. The Balaban J connectivity index is 0.000000331. The summed E-state index contributed by atoms with van der Waals surface area (Å²) in [6.07, 6.45) is 4.60. The summed E-state index contributed by atoms with van der Waals surface area (Å²) in [5.74, 6) is -0.215. The van der Waals surface area contributed by atoms with Crippen molar-refractivity contribution in [1.82, 2.24) is 0 Å². The molecule has 0 spiro atoms. The quantitative estimate of drug-likeness (QED) is 0.618. The lowest BCUT2D eigenvalue weighted by Crippen LogP contribution is -2.20. The van der Waals surface area contributed by atoms with Crippen molar-refractivity contribution in [3.05, 3.63) is 24.3 Å². The molecule has 0 saturated carbocycles. The third-order valence-electron chi connectivity index (χ3n) is 2.32. The van der Waals surface area contributed by atoms with Crippen molar-refractivity contribution < 1.29 is 19.4 Å². The van der Waals surface area contributed by atoms with Gasteiger partial charge in [-0.25, -0.2) is 4.79 Å². The van der Waals surface area contributed by atoms with Gasteiger partial charge in [-0.3, -0.25) is 4.79 Å². The summed E-state index contributed by atoms with van der Waals surface area (Å²) in [5.41, 5.74) is 1.43. The number of rotatable bonds is 3. The van der Waals surface area contributed by atoms with E-state index >= 15 is 0 Å². The van der Waals surface area contributed by atoms with Gasteiger partial charge in [0.1, 0.15) is 6.61 Å². The Morgan fingerprint density at radius 1 is 1.56 bits per heavy atom. The smallest absolute Gasteiger partial charge is 0.330 e. The standard InChI is InChI=1S/C9H14O.C5H8O3/c1-7-4-8(10)6-9(2,3)5-7;1-2-5(7)8-4-3-6/h4H,5-6H2,1-3H3;2,6H,1,3-4H2. The Labute approximate surface area is 108 Å². The Morgan fingerprint density at radius 2 is 2.17 bits per heavy atom. The minimum absolute atomic E-state index is 0.0465. The number of esters is 1. The summed E-state index contributed by atoms with van der Waals surface area (Å²) in [6.45, 7) is 9.37. The monoisotopic (exact) mass is 254 g/mol.